The lowest BCUT2D eigenvalue weighted by Gasteiger charge is -2.11. The molecule has 11 heteroatoms. The topological polar surface area (TPSA) is 111 Å². The maximum Gasteiger partial charge on any atom is 0.341 e. The third-order valence-electron chi connectivity index (χ3n) is 4.66. The highest BCUT2D eigenvalue weighted by atomic mass is 32.1. The molecular weight excluding hydrogens is 411 g/mol. The number of aryl methyl sites for hydroxylation is 1. The molecule has 9 nitrogen and oxygen atoms in total. The standard InChI is InChI=1S/C19H19FN6O3S/c1-2-29-19(28)17-12-4-3-5-15(12)30-18(17)23-16(27)9-21-14-8-11(6-7-13(14)20)26-10-22-24-25-26/h6-8,10,21H,2-5,9H2,1H3,(H,23,27). The van der Waals surface area contributed by atoms with Gasteiger partial charge in [0.05, 0.1) is 30.1 Å². The second kappa shape index (κ2) is 8.57. The molecule has 3 aromatic rings. The molecular formula is C19H19FN6O3S. The van der Waals surface area contributed by atoms with Crippen LogP contribution in [-0.2, 0) is 22.4 Å². The molecule has 1 aromatic carbocycles. The van der Waals surface area contributed by atoms with E-state index in [-0.39, 0.29) is 18.8 Å². The van der Waals surface area contributed by atoms with Crippen molar-refractivity contribution >= 4 is 33.9 Å². The Morgan fingerprint density at radius 3 is 2.97 bits per heavy atom. The fourth-order valence-electron chi connectivity index (χ4n) is 3.33. The number of aromatic nitrogens is 4. The summed E-state index contributed by atoms with van der Waals surface area (Å²) in [7, 11) is 0. The minimum absolute atomic E-state index is 0.137. The normalized spacial score (nSPS) is 12.5. The fraction of sp³-hybridized carbons (Fsp3) is 0.316. The van der Waals surface area contributed by atoms with E-state index >= 15 is 0 Å². The van der Waals surface area contributed by atoms with Crippen LogP contribution in [0.3, 0.4) is 0 Å². The smallest absolute Gasteiger partial charge is 0.341 e. The summed E-state index contributed by atoms with van der Waals surface area (Å²) in [6, 6.07) is 4.29. The lowest BCUT2D eigenvalue weighted by Crippen LogP contribution is -2.23. The summed E-state index contributed by atoms with van der Waals surface area (Å²) in [5.41, 5.74) is 2.08. The number of halogens is 1. The van der Waals surface area contributed by atoms with Gasteiger partial charge in [0, 0.05) is 4.88 Å². The number of tetrazole rings is 1. The zero-order chi connectivity index (χ0) is 21.1. The minimum atomic E-state index is -0.512. The first-order chi connectivity index (χ1) is 14.6. The third-order valence-corrected chi connectivity index (χ3v) is 5.86. The monoisotopic (exact) mass is 430 g/mol. The molecule has 0 unspecified atom stereocenters. The lowest BCUT2D eigenvalue weighted by molar-refractivity contribution is -0.114. The molecule has 30 heavy (non-hydrogen) atoms. The number of rotatable bonds is 7. The van der Waals surface area contributed by atoms with Gasteiger partial charge in [0.2, 0.25) is 5.91 Å². The van der Waals surface area contributed by atoms with Gasteiger partial charge in [0.25, 0.3) is 0 Å². The van der Waals surface area contributed by atoms with E-state index in [1.54, 1.807) is 6.92 Å². The SMILES string of the molecule is CCOC(=O)c1c(NC(=O)CNc2cc(-n3cnnn3)ccc2F)sc2c1CCC2. The van der Waals surface area contributed by atoms with Crippen molar-refractivity contribution in [1.82, 2.24) is 20.2 Å². The van der Waals surface area contributed by atoms with Crippen LogP contribution in [0.2, 0.25) is 0 Å². The number of esters is 1. The fourth-order valence-corrected chi connectivity index (χ4v) is 4.62. The van der Waals surface area contributed by atoms with Gasteiger partial charge in [0.1, 0.15) is 17.1 Å². The van der Waals surface area contributed by atoms with Crippen molar-refractivity contribution in [3.8, 4) is 5.69 Å². The Labute approximate surface area is 175 Å². The Kier molecular flexibility index (Phi) is 5.70. The van der Waals surface area contributed by atoms with Crippen LogP contribution in [0, 0.1) is 5.82 Å². The molecule has 2 heterocycles. The Morgan fingerprint density at radius 1 is 1.33 bits per heavy atom. The number of carbonyl (C=O) groups is 2. The average Bonchev–Trinajstić information content (AvgIpc) is 3.45. The van der Waals surface area contributed by atoms with Crippen LogP contribution in [0.1, 0.15) is 34.1 Å². The maximum atomic E-state index is 14.1. The predicted octanol–water partition coefficient (Wildman–Crippen LogP) is 2.58. The van der Waals surface area contributed by atoms with E-state index in [1.165, 1.54) is 40.5 Å². The highest BCUT2D eigenvalue weighted by Crippen LogP contribution is 2.39. The van der Waals surface area contributed by atoms with E-state index in [4.69, 9.17) is 4.74 Å². The summed E-state index contributed by atoms with van der Waals surface area (Å²) in [4.78, 5) is 26.0. The van der Waals surface area contributed by atoms with Crippen LogP contribution in [0.25, 0.3) is 5.69 Å². The molecule has 0 spiro atoms. The lowest BCUT2D eigenvalue weighted by atomic mass is 10.1. The van der Waals surface area contributed by atoms with Gasteiger partial charge in [-0.15, -0.1) is 16.4 Å². The number of nitrogens with one attached hydrogen (secondary N) is 2. The van der Waals surface area contributed by atoms with Gasteiger partial charge in [-0.3, -0.25) is 4.79 Å². The summed E-state index contributed by atoms with van der Waals surface area (Å²) in [6.07, 6.45) is 4.05. The number of benzene rings is 1. The van der Waals surface area contributed by atoms with E-state index in [2.05, 4.69) is 26.2 Å². The van der Waals surface area contributed by atoms with Gasteiger partial charge < -0.3 is 15.4 Å². The van der Waals surface area contributed by atoms with Crippen LogP contribution >= 0.6 is 11.3 Å². The minimum Gasteiger partial charge on any atom is -0.462 e. The molecule has 0 atom stereocenters. The van der Waals surface area contributed by atoms with Gasteiger partial charge in [0.15, 0.2) is 0 Å². The molecule has 156 valence electrons. The van der Waals surface area contributed by atoms with E-state index in [0.29, 0.717) is 16.3 Å². The number of hydrogen-bond acceptors (Lipinski definition) is 8. The van der Waals surface area contributed by atoms with Gasteiger partial charge in [-0.25, -0.2) is 13.9 Å². The van der Waals surface area contributed by atoms with Crippen molar-refractivity contribution in [2.75, 3.05) is 23.8 Å². The summed E-state index contributed by atoms with van der Waals surface area (Å²) >= 11 is 1.40. The third kappa shape index (κ3) is 4.01. The summed E-state index contributed by atoms with van der Waals surface area (Å²) in [5.74, 6) is -1.34. The molecule has 0 fully saturated rings. The molecule has 0 radical (unpaired) electrons. The second-order valence-corrected chi connectivity index (χ2v) is 7.71. The van der Waals surface area contributed by atoms with Crippen molar-refractivity contribution in [1.29, 1.82) is 0 Å². The molecule has 1 amide bonds. The average molecular weight is 430 g/mol. The number of nitrogens with zero attached hydrogens (tertiary/aromatic N) is 4. The highest BCUT2D eigenvalue weighted by Gasteiger charge is 2.28. The van der Waals surface area contributed by atoms with E-state index in [9.17, 15) is 14.0 Å². The number of hydrogen-bond donors (Lipinski definition) is 2. The first kappa shape index (κ1) is 20.0. The number of fused-ring (bicyclic) bond motifs is 1. The first-order valence-electron chi connectivity index (χ1n) is 9.45. The molecule has 0 bridgehead atoms. The molecule has 1 aliphatic rings. The van der Waals surface area contributed by atoms with E-state index in [1.807, 2.05) is 0 Å². The van der Waals surface area contributed by atoms with E-state index < -0.39 is 17.7 Å². The number of thiophene rings is 1. The van der Waals surface area contributed by atoms with Crippen LogP contribution in [0.5, 0.6) is 0 Å². The maximum absolute atomic E-state index is 14.1. The van der Waals surface area contributed by atoms with Gasteiger partial charge in [-0.2, -0.15) is 0 Å². The molecule has 0 saturated heterocycles. The largest absolute Gasteiger partial charge is 0.462 e. The first-order valence-corrected chi connectivity index (χ1v) is 10.3. The van der Waals surface area contributed by atoms with Crippen molar-refractivity contribution in [2.45, 2.75) is 26.2 Å². The summed E-state index contributed by atoms with van der Waals surface area (Å²) < 4.78 is 20.7. The Bertz CT molecular complexity index is 1080. The van der Waals surface area contributed by atoms with Crippen molar-refractivity contribution in [2.24, 2.45) is 0 Å². The van der Waals surface area contributed by atoms with Gasteiger partial charge >= 0.3 is 5.97 Å². The Balaban J connectivity index is 1.46. The molecule has 4 rings (SSSR count). The number of amides is 1. The molecule has 2 N–H and O–H groups in total. The molecule has 1 aliphatic carbocycles. The molecule has 2 aromatic heterocycles. The Hall–Kier alpha value is -3.34. The summed E-state index contributed by atoms with van der Waals surface area (Å²) in [5, 5.41) is 16.9. The predicted molar refractivity (Wildman–Crippen MR) is 109 cm³/mol. The second-order valence-electron chi connectivity index (χ2n) is 6.60. The highest BCUT2D eigenvalue weighted by molar-refractivity contribution is 7.17. The van der Waals surface area contributed by atoms with Crippen LogP contribution in [-0.4, -0.2) is 45.2 Å². The zero-order valence-corrected chi connectivity index (χ0v) is 17.0. The summed E-state index contributed by atoms with van der Waals surface area (Å²) in [6.45, 7) is 1.82. The quantitative estimate of drug-likeness (QED) is 0.554. The van der Waals surface area contributed by atoms with Crippen LogP contribution < -0.4 is 10.6 Å². The van der Waals surface area contributed by atoms with Crippen LogP contribution in [0.15, 0.2) is 24.5 Å². The number of anilines is 2. The molecule has 0 aliphatic heterocycles. The van der Waals surface area contributed by atoms with Crippen molar-refractivity contribution < 1.29 is 18.7 Å². The van der Waals surface area contributed by atoms with Crippen molar-refractivity contribution in [3.05, 3.63) is 46.3 Å². The molecule has 0 saturated carbocycles. The van der Waals surface area contributed by atoms with Gasteiger partial charge in [-0.1, -0.05) is 0 Å². The number of ether oxygens (including phenoxy) is 1. The van der Waals surface area contributed by atoms with Crippen LogP contribution in [0.4, 0.5) is 15.1 Å². The van der Waals surface area contributed by atoms with Crippen molar-refractivity contribution in [3.63, 3.8) is 0 Å². The zero-order valence-electron chi connectivity index (χ0n) is 16.1. The number of carbonyl (C=O) groups excluding carboxylic acids is 2. The van der Waals surface area contributed by atoms with Gasteiger partial charge in [-0.05, 0) is 60.4 Å². The van der Waals surface area contributed by atoms with E-state index in [0.717, 1.165) is 29.7 Å². The Morgan fingerprint density at radius 2 is 2.20 bits per heavy atom.